The normalized spacial score (nSPS) is 15.3. The zero-order valence-corrected chi connectivity index (χ0v) is 10.7. The van der Waals surface area contributed by atoms with Crippen molar-refractivity contribution in [2.24, 2.45) is 5.92 Å². The molecule has 0 aliphatic rings. The van der Waals surface area contributed by atoms with Gasteiger partial charge in [-0.25, -0.2) is 0 Å². The molecule has 0 saturated heterocycles. The standard InChI is InChI=1S/C13H20OS/c1-9(2)11(4)15-13-8-6-5-7-12(13)10(3)14/h5-11,14H,1-4H3/t10-,11?/m1/s1. The zero-order valence-electron chi connectivity index (χ0n) is 9.90. The molecule has 2 heteroatoms. The Morgan fingerprint density at radius 2 is 1.67 bits per heavy atom. The third-order valence-corrected chi connectivity index (χ3v) is 4.16. The molecule has 0 spiro atoms. The minimum absolute atomic E-state index is 0.381. The van der Waals surface area contributed by atoms with E-state index in [1.54, 1.807) is 0 Å². The van der Waals surface area contributed by atoms with E-state index in [0.29, 0.717) is 11.2 Å². The van der Waals surface area contributed by atoms with Gasteiger partial charge in [0.25, 0.3) is 0 Å². The molecule has 0 heterocycles. The maximum atomic E-state index is 9.64. The highest BCUT2D eigenvalue weighted by Crippen LogP contribution is 2.32. The number of aliphatic hydroxyl groups is 1. The molecule has 1 nitrogen and oxygen atoms in total. The maximum absolute atomic E-state index is 9.64. The SMILES string of the molecule is CC(C)C(C)Sc1ccccc1[C@@H](C)O. The third kappa shape index (κ3) is 3.54. The van der Waals surface area contributed by atoms with Gasteiger partial charge in [0.05, 0.1) is 6.10 Å². The molecule has 1 aromatic carbocycles. The first-order valence-corrected chi connectivity index (χ1v) is 6.34. The highest BCUT2D eigenvalue weighted by molar-refractivity contribution is 8.00. The highest BCUT2D eigenvalue weighted by atomic mass is 32.2. The Bertz CT molecular complexity index is 307. The van der Waals surface area contributed by atoms with Gasteiger partial charge in [-0.2, -0.15) is 0 Å². The van der Waals surface area contributed by atoms with Gasteiger partial charge in [-0.1, -0.05) is 39.0 Å². The molecule has 1 N–H and O–H groups in total. The van der Waals surface area contributed by atoms with Crippen LogP contribution in [0.2, 0.25) is 0 Å². The summed E-state index contributed by atoms with van der Waals surface area (Å²) >= 11 is 1.85. The third-order valence-electron chi connectivity index (χ3n) is 2.62. The molecule has 1 aromatic rings. The van der Waals surface area contributed by atoms with E-state index in [4.69, 9.17) is 0 Å². The second-order valence-electron chi connectivity index (χ2n) is 4.28. The molecule has 1 unspecified atom stereocenters. The van der Waals surface area contributed by atoms with Crippen molar-refractivity contribution in [2.45, 2.75) is 43.9 Å². The lowest BCUT2D eigenvalue weighted by Crippen LogP contribution is -2.06. The van der Waals surface area contributed by atoms with Crippen LogP contribution in [0.5, 0.6) is 0 Å². The molecule has 0 bridgehead atoms. The first kappa shape index (κ1) is 12.6. The van der Waals surface area contributed by atoms with Crippen molar-refractivity contribution in [3.8, 4) is 0 Å². The maximum Gasteiger partial charge on any atom is 0.0772 e. The molecular weight excluding hydrogens is 204 g/mol. The molecule has 0 amide bonds. The molecule has 2 atom stereocenters. The van der Waals surface area contributed by atoms with Crippen LogP contribution in [0.4, 0.5) is 0 Å². The van der Waals surface area contributed by atoms with Crippen LogP contribution < -0.4 is 0 Å². The van der Waals surface area contributed by atoms with Crippen LogP contribution in [-0.2, 0) is 0 Å². The van der Waals surface area contributed by atoms with Gasteiger partial charge in [-0.15, -0.1) is 11.8 Å². The van der Waals surface area contributed by atoms with E-state index in [1.165, 1.54) is 4.90 Å². The van der Waals surface area contributed by atoms with E-state index in [0.717, 1.165) is 5.56 Å². The summed E-state index contributed by atoms with van der Waals surface area (Å²) in [6.45, 7) is 8.50. The molecule has 0 aliphatic heterocycles. The lowest BCUT2D eigenvalue weighted by molar-refractivity contribution is 0.196. The van der Waals surface area contributed by atoms with Crippen LogP contribution in [0.3, 0.4) is 0 Å². The molecule has 15 heavy (non-hydrogen) atoms. The van der Waals surface area contributed by atoms with E-state index in [-0.39, 0.29) is 6.10 Å². The Labute approximate surface area is 96.9 Å². The van der Waals surface area contributed by atoms with Crippen molar-refractivity contribution >= 4 is 11.8 Å². The van der Waals surface area contributed by atoms with E-state index >= 15 is 0 Å². The highest BCUT2D eigenvalue weighted by Gasteiger charge is 2.13. The summed E-state index contributed by atoms with van der Waals surface area (Å²) < 4.78 is 0. The largest absolute Gasteiger partial charge is 0.389 e. The Morgan fingerprint density at radius 3 is 2.20 bits per heavy atom. The second kappa shape index (κ2) is 5.57. The Kier molecular flexibility index (Phi) is 4.68. The predicted octanol–water partition coefficient (Wildman–Crippen LogP) is 3.88. The van der Waals surface area contributed by atoms with Crippen molar-refractivity contribution < 1.29 is 5.11 Å². The van der Waals surface area contributed by atoms with E-state index in [1.807, 2.05) is 36.9 Å². The molecule has 0 saturated carbocycles. The average Bonchev–Trinajstić information content (AvgIpc) is 2.18. The zero-order chi connectivity index (χ0) is 11.4. The monoisotopic (exact) mass is 224 g/mol. The molecule has 0 radical (unpaired) electrons. The molecule has 1 rings (SSSR count). The number of hydrogen-bond donors (Lipinski definition) is 1. The van der Waals surface area contributed by atoms with Gasteiger partial charge < -0.3 is 5.11 Å². The van der Waals surface area contributed by atoms with Gasteiger partial charge in [-0.05, 0) is 24.5 Å². The van der Waals surface area contributed by atoms with E-state index in [2.05, 4.69) is 26.8 Å². The van der Waals surface area contributed by atoms with Crippen LogP contribution in [0.15, 0.2) is 29.2 Å². The summed E-state index contributed by atoms with van der Waals surface area (Å²) in [6.07, 6.45) is -0.381. The lowest BCUT2D eigenvalue weighted by Gasteiger charge is -2.18. The first-order chi connectivity index (χ1) is 7.02. The van der Waals surface area contributed by atoms with Crippen molar-refractivity contribution in [2.75, 3.05) is 0 Å². The van der Waals surface area contributed by atoms with E-state index < -0.39 is 0 Å². The summed E-state index contributed by atoms with van der Waals surface area (Å²) in [5.74, 6) is 0.650. The summed E-state index contributed by atoms with van der Waals surface area (Å²) in [5, 5.41) is 10.2. The van der Waals surface area contributed by atoms with E-state index in [9.17, 15) is 5.11 Å². The summed E-state index contributed by atoms with van der Waals surface area (Å²) in [7, 11) is 0. The van der Waals surface area contributed by atoms with Crippen LogP contribution in [0.25, 0.3) is 0 Å². The van der Waals surface area contributed by atoms with Gasteiger partial charge in [0.1, 0.15) is 0 Å². The fourth-order valence-electron chi connectivity index (χ4n) is 1.27. The van der Waals surface area contributed by atoms with Crippen molar-refractivity contribution in [1.82, 2.24) is 0 Å². The molecule has 0 fully saturated rings. The average molecular weight is 224 g/mol. The number of benzene rings is 1. The van der Waals surface area contributed by atoms with Crippen LogP contribution in [0, 0.1) is 5.92 Å². The van der Waals surface area contributed by atoms with Crippen LogP contribution in [0.1, 0.15) is 39.4 Å². The summed E-state index contributed by atoms with van der Waals surface area (Å²) in [5.41, 5.74) is 1.04. The van der Waals surface area contributed by atoms with Gasteiger partial charge in [0.2, 0.25) is 0 Å². The van der Waals surface area contributed by atoms with Gasteiger partial charge in [-0.3, -0.25) is 0 Å². The molecule has 0 aromatic heterocycles. The number of aliphatic hydroxyl groups excluding tert-OH is 1. The molecule has 84 valence electrons. The number of rotatable bonds is 4. The Morgan fingerprint density at radius 1 is 1.07 bits per heavy atom. The molecular formula is C13H20OS. The molecule has 0 aliphatic carbocycles. The van der Waals surface area contributed by atoms with Crippen LogP contribution >= 0.6 is 11.8 Å². The van der Waals surface area contributed by atoms with Crippen molar-refractivity contribution in [1.29, 1.82) is 0 Å². The minimum Gasteiger partial charge on any atom is -0.389 e. The van der Waals surface area contributed by atoms with Crippen LogP contribution in [-0.4, -0.2) is 10.4 Å². The van der Waals surface area contributed by atoms with Gasteiger partial charge in [0, 0.05) is 10.1 Å². The fraction of sp³-hybridized carbons (Fsp3) is 0.538. The van der Waals surface area contributed by atoms with Gasteiger partial charge in [0.15, 0.2) is 0 Å². The van der Waals surface area contributed by atoms with Crippen molar-refractivity contribution in [3.63, 3.8) is 0 Å². The fourth-order valence-corrected chi connectivity index (χ4v) is 2.47. The Hall–Kier alpha value is -0.470. The summed E-state index contributed by atoms with van der Waals surface area (Å²) in [6, 6.07) is 8.10. The minimum atomic E-state index is -0.381. The summed E-state index contributed by atoms with van der Waals surface area (Å²) in [4.78, 5) is 1.20. The smallest absolute Gasteiger partial charge is 0.0772 e. The topological polar surface area (TPSA) is 20.2 Å². The quantitative estimate of drug-likeness (QED) is 0.783. The predicted molar refractivity (Wildman–Crippen MR) is 67.2 cm³/mol. The number of thioether (sulfide) groups is 1. The number of hydrogen-bond acceptors (Lipinski definition) is 2. The lowest BCUT2D eigenvalue weighted by atomic mass is 10.1. The second-order valence-corrected chi connectivity index (χ2v) is 5.70. The van der Waals surface area contributed by atoms with Crippen molar-refractivity contribution in [3.05, 3.63) is 29.8 Å². The van der Waals surface area contributed by atoms with Gasteiger partial charge >= 0.3 is 0 Å². The first-order valence-electron chi connectivity index (χ1n) is 5.46. The Balaban J connectivity index is 2.84.